The topological polar surface area (TPSA) is 24.5 Å². The molecule has 0 aromatic carbocycles. The molecule has 1 aliphatic heterocycles. The van der Waals surface area contributed by atoms with Gasteiger partial charge in [0.05, 0.1) is 6.10 Å². The summed E-state index contributed by atoms with van der Waals surface area (Å²) >= 11 is 0. The summed E-state index contributed by atoms with van der Waals surface area (Å²) in [5.74, 6) is 0.906. The second-order valence-electron chi connectivity index (χ2n) is 5.97. The fraction of sp³-hybridized carbons (Fsp3) is 1.00. The maximum atomic E-state index is 5.55. The smallest absolute Gasteiger partial charge is 0.0586 e. The van der Waals surface area contributed by atoms with Crippen LogP contribution in [0.3, 0.4) is 0 Å². The molecule has 2 unspecified atom stereocenters. The number of hydrogen-bond acceptors (Lipinski definition) is 3. The monoisotopic (exact) mass is 254 g/mol. The Morgan fingerprint density at radius 3 is 2.61 bits per heavy atom. The third-order valence-corrected chi connectivity index (χ3v) is 4.78. The average molecular weight is 254 g/mol. The van der Waals surface area contributed by atoms with Crippen molar-refractivity contribution in [1.29, 1.82) is 0 Å². The number of rotatable bonds is 5. The summed E-state index contributed by atoms with van der Waals surface area (Å²) in [6.45, 7) is 7.13. The van der Waals surface area contributed by atoms with Gasteiger partial charge in [-0.1, -0.05) is 6.92 Å². The molecule has 3 nitrogen and oxygen atoms in total. The van der Waals surface area contributed by atoms with Crippen molar-refractivity contribution < 1.29 is 4.74 Å². The van der Waals surface area contributed by atoms with Crippen LogP contribution in [0.15, 0.2) is 0 Å². The van der Waals surface area contributed by atoms with Gasteiger partial charge in [0, 0.05) is 13.2 Å². The van der Waals surface area contributed by atoms with E-state index in [1.165, 1.54) is 58.2 Å². The number of methoxy groups -OCH3 is 1. The predicted molar refractivity (Wildman–Crippen MR) is 75.9 cm³/mol. The van der Waals surface area contributed by atoms with Gasteiger partial charge in [-0.25, -0.2) is 0 Å². The first kappa shape index (κ1) is 14.3. The molecule has 0 aromatic rings. The predicted octanol–water partition coefficient (Wildman–Crippen LogP) is 2.27. The van der Waals surface area contributed by atoms with E-state index in [2.05, 4.69) is 17.1 Å². The molecule has 0 radical (unpaired) electrons. The van der Waals surface area contributed by atoms with Crippen molar-refractivity contribution >= 4 is 0 Å². The van der Waals surface area contributed by atoms with Crippen molar-refractivity contribution in [3.8, 4) is 0 Å². The fourth-order valence-electron chi connectivity index (χ4n) is 3.54. The lowest BCUT2D eigenvalue weighted by molar-refractivity contribution is 0.0178. The largest absolute Gasteiger partial charge is 0.381 e. The standard InChI is InChI=1S/C15H30N2O/c1-3-16-12-13-7-9-17(10-8-13)14-5-4-6-15(11-14)18-2/h13-16H,3-12H2,1-2H3. The minimum absolute atomic E-state index is 0.517. The molecular formula is C15H30N2O. The molecule has 106 valence electrons. The molecule has 2 fully saturated rings. The summed E-state index contributed by atoms with van der Waals surface area (Å²) in [5.41, 5.74) is 0. The van der Waals surface area contributed by atoms with E-state index in [-0.39, 0.29) is 0 Å². The Morgan fingerprint density at radius 2 is 1.94 bits per heavy atom. The van der Waals surface area contributed by atoms with E-state index in [0.717, 1.165) is 18.5 Å². The Kier molecular flexibility index (Phi) is 5.93. The Balaban J connectivity index is 1.72. The molecule has 0 bridgehead atoms. The molecule has 0 spiro atoms. The Bertz CT molecular complexity index is 227. The van der Waals surface area contributed by atoms with Gasteiger partial charge < -0.3 is 15.0 Å². The summed E-state index contributed by atoms with van der Waals surface area (Å²) in [6.07, 6.45) is 8.53. The Labute approximate surface area is 112 Å². The van der Waals surface area contributed by atoms with E-state index >= 15 is 0 Å². The third-order valence-electron chi connectivity index (χ3n) is 4.78. The maximum absolute atomic E-state index is 5.55. The highest BCUT2D eigenvalue weighted by Gasteiger charge is 2.29. The molecule has 18 heavy (non-hydrogen) atoms. The number of hydrogen-bond donors (Lipinski definition) is 1. The third kappa shape index (κ3) is 3.94. The van der Waals surface area contributed by atoms with Gasteiger partial charge in [0.2, 0.25) is 0 Å². The molecular weight excluding hydrogens is 224 g/mol. The molecule has 2 aliphatic rings. The number of ether oxygens (including phenoxy) is 1. The van der Waals surface area contributed by atoms with Crippen LogP contribution in [-0.2, 0) is 4.74 Å². The lowest BCUT2D eigenvalue weighted by Crippen LogP contribution is -2.46. The van der Waals surface area contributed by atoms with Gasteiger partial charge in [0.1, 0.15) is 0 Å². The van der Waals surface area contributed by atoms with Gasteiger partial charge in [0.15, 0.2) is 0 Å². The maximum Gasteiger partial charge on any atom is 0.0586 e. The van der Waals surface area contributed by atoms with Crippen LogP contribution in [0.1, 0.15) is 45.4 Å². The van der Waals surface area contributed by atoms with Crippen molar-refractivity contribution in [3.63, 3.8) is 0 Å². The molecule has 1 heterocycles. The van der Waals surface area contributed by atoms with E-state index in [9.17, 15) is 0 Å². The second-order valence-corrected chi connectivity index (χ2v) is 5.97. The summed E-state index contributed by atoms with van der Waals surface area (Å²) in [7, 11) is 1.87. The van der Waals surface area contributed by atoms with Crippen molar-refractivity contribution in [1.82, 2.24) is 10.2 Å². The van der Waals surface area contributed by atoms with Gasteiger partial charge in [-0.05, 0) is 70.6 Å². The van der Waals surface area contributed by atoms with Gasteiger partial charge >= 0.3 is 0 Å². The molecule has 0 amide bonds. The number of piperidine rings is 1. The van der Waals surface area contributed by atoms with Crippen molar-refractivity contribution in [2.75, 3.05) is 33.3 Å². The lowest BCUT2D eigenvalue weighted by atomic mass is 9.88. The lowest BCUT2D eigenvalue weighted by Gasteiger charge is -2.41. The summed E-state index contributed by atoms with van der Waals surface area (Å²) < 4.78 is 5.55. The minimum Gasteiger partial charge on any atom is -0.381 e. The molecule has 1 saturated carbocycles. The molecule has 2 atom stereocenters. The van der Waals surface area contributed by atoms with Crippen molar-refractivity contribution in [2.24, 2.45) is 5.92 Å². The van der Waals surface area contributed by atoms with E-state index in [4.69, 9.17) is 4.74 Å². The minimum atomic E-state index is 0.517. The highest BCUT2D eigenvalue weighted by Crippen LogP contribution is 2.28. The Morgan fingerprint density at radius 1 is 1.17 bits per heavy atom. The Hall–Kier alpha value is -0.120. The molecule has 3 heteroatoms. The zero-order valence-electron chi connectivity index (χ0n) is 12.2. The van der Waals surface area contributed by atoms with Crippen LogP contribution in [0, 0.1) is 5.92 Å². The first-order valence-corrected chi connectivity index (χ1v) is 7.81. The van der Waals surface area contributed by atoms with Crippen LogP contribution in [0.2, 0.25) is 0 Å². The molecule has 1 N–H and O–H groups in total. The first-order chi connectivity index (χ1) is 8.83. The van der Waals surface area contributed by atoms with Gasteiger partial charge in [0.25, 0.3) is 0 Å². The number of likely N-dealkylation sites (tertiary alicyclic amines) is 1. The molecule has 2 rings (SSSR count). The van der Waals surface area contributed by atoms with Crippen LogP contribution in [0.5, 0.6) is 0 Å². The van der Waals surface area contributed by atoms with Crippen LogP contribution >= 0.6 is 0 Å². The highest BCUT2D eigenvalue weighted by molar-refractivity contribution is 4.84. The normalized spacial score (nSPS) is 31.7. The highest BCUT2D eigenvalue weighted by atomic mass is 16.5. The number of nitrogens with one attached hydrogen (secondary N) is 1. The van der Waals surface area contributed by atoms with Crippen LogP contribution in [0.4, 0.5) is 0 Å². The summed E-state index contributed by atoms with van der Waals surface area (Å²) in [4.78, 5) is 2.73. The zero-order chi connectivity index (χ0) is 12.8. The van der Waals surface area contributed by atoms with Crippen LogP contribution in [-0.4, -0.2) is 50.3 Å². The summed E-state index contributed by atoms with van der Waals surface area (Å²) in [5, 5.41) is 3.49. The van der Waals surface area contributed by atoms with Crippen LogP contribution < -0.4 is 5.32 Å². The van der Waals surface area contributed by atoms with Gasteiger partial charge in [-0.2, -0.15) is 0 Å². The second kappa shape index (κ2) is 7.46. The van der Waals surface area contributed by atoms with Crippen molar-refractivity contribution in [2.45, 2.75) is 57.6 Å². The molecule has 1 saturated heterocycles. The number of nitrogens with zero attached hydrogens (tertiary/aromatic N) is 1. The zero-order valence-corrected chi connectivity index (χ0v) is 12.2. The van der Waals surface area contributed by atoms with E-state index in [1.54, 1.807) is 0 Å². The molecule has 1 aliphatic carbocycles. The van der Waals surface area contributed by atoms with E-state index in [1.807, 2.05) is 7.11 Å². The summed E-state index contributed by atoms with van der Waals surface area (Å²) in [6, 6.07) is 0.795. The first-order valence-electron chi connectivity index (χ1n) is 7.81. The van der Waals surface area contributed by atoms with Gasteiger partial charge in [-0.3, -0.25) is 0 Å². The quantitative estimate of drug-likeness (QED) is 0.814. The van der Waals surface area contributed by atoms with E-state index < -0.39 is 0 Å². The average Bonchev–Trinajstić information content (AvgIpc) is 2.46. The van der Waals surface area contributed by atoms with Gasteiger partial charge in [-0.15, -0.1) is 0 Å². The fourth-order valence-corrected chi connectivity index (χ4v) is 3.54. The van der Waals surface area contributed by atoms with Crippen molar-refractivity contribution in [3.05, 3.63) is 0 Å². The van der Waals surface area contributed by atoms with E-state index in [0.29, 0.717) is 6.10 Å². The molecule has 0 aromatic heterocycles. The van der Waals surface area contributed by atoms with Crippen LogP contribution in [0.25, 0.3) is 0 Å². The SMILES string of the molecule is CCNCC1CCN(C2CCCC(OC)C2)CC1.